The van der Waals surface area contributed by atoms with Crippen molar-refractivity contribution in [2.75, 3.05) is 65.5 Å². The summed E-state index contributed by atoms with van der Waals surface area (Å²) in [6, 6.07) is 0. The largest absolute Gasteiger partial charge is 0.374 e. The molecule has 6 heteroatoms. The first kappa shape index (κ1) is 22.2. The number of hydrogen-bond acceptors (Lipinski definition) is 4. The number of nitrogens with zero attached hydrogens (tertiary/aromatic N) is 3. The molecule has 1 heterocycles. The zero-order valence-electron chi connectivity index (χ0n) is 17.2. The van der Waals surface area contributed by atoms with Crippen LogP contribution < -0.4 is 10.6 Å². The lowest BCUT2D eigenvalue weighted by atomic mass is 10.2. The fraction of sp³-hybridized carbons (Fsp3) is 0.947. The van der Waals surface area contributed by atoms with E-state index in [-0.39, 0.29) is 6.10 Å². The average molecular weight is 356 g/mol. The molecule has 0 aromatic rings. The Morgan fingerprint density at radius 1 is 1.24 bits per heavy atom. The molecule has 25 heavy (non-hydrogen) atoms. The van der Waals surface area contributed by atoms with E-state index in [1.54, 1.807) is 0 Å². The van der Waals surface area contributed by atoms with Crippen LogP contribution in [0.3, 0.4) is 0 Å². The molecule has 0 radical (unpaired) electrons. The van der Waals surface area contributed by atoms with Gasteiger partial charge in [-0.3, -0.25) is 9.89 Å². The van der Waals surface area contributed by atoms with Crippen LogP contribution in [0.4, 0.5) is 0 Å². The summed E-state index contributed by atoms with van der Waals surface area (Å²) in [6.07, 6.45) is 1.41. The van der Waals surface area contributed by atoms with E-state index in [0.717, 1.165) is 71.5 Å². The van der Waals surface area contributed by atoms with Crippen LogP contribution >= 0.6 is 0 Å². The summed E-state index contributed by atoms with van der Waals surface area (Å²) in [5.41, 5.74) is 0. The van der Waals surface area contributed by atoms with Crippen molar-refractivity contribution in [3.05, 3.63) is 0 Å². The van der Waals surface area contributed by atoms with E-state index in [2.05, 4.69) is 55.1 Å². The van der Waals surface area contributed by atoms with Gasteiger partial charge in [-0.15, -0.1) is 0 Å². The van der Waals surface area contributed by atoms with Crippen molar-refractivity contribution < 1.29 is 4.74 Å². The first-order chi connectivity index (χ1) is 12.1. The van der Waals surface area contributed by atoms with Crippen LogP contribution in [0.25, 0.3) is 0 Å². The second-order valence-corrected chi connectivity index (χ2v) is 7.23. The SMILES string of the molecule is CCCN(CC)CCNC(=NCC1CN(CC(C)C)CCO1)NCC. The van der Waals surface area contributed by atoms with E-state index in [1.807, 2.05) is 0 Å². The molecule has 0 aromatic carbocycles. The highest BCUT2D eigenvalue weighted by Crippen LogP contribution is 2.08. The Labute approximate surface area is 155 Å². The Morgan fingerprint density at radius 3 is 2.68 bits per heavy atom. The van der Waals surface area contributed by atoms with Crippen LogP contribution in [-0.2, 0) is 4.74 Å². The lowest BCUT2D eigenvalue weighted by Gasteiger charge is -2.33. The summed E-state index contributed by atoms with van der Waals surface area (Å²) < 4.78 is 5.90. The number of rotatable bonds is 11. The number of morpholine rings is 1. The van der Waals surface area contributed by atoms with Crippen molar-refractivity contribution in [2.24, 2.45) is 10.9 Å². The Hall–Kier alpha value is -0.850. The van der Waals surface area contributed by atoms with Gasteiger partial charge < -0.3 is 20.3 Å². The average Bonchev–Trinajstić information content (AvgIpc) is 2.58. The van der Waals surface area contributed by atoms with Gasteiger partial charge in [0.15, 0.2) is 5.96 Å². The summed E-state index contributed by atoms with van der Waals surface area (Å²) in [7, 11) is 0. The Kier molecular flexibility index (Phi) is 11.9. The van der Waals surface area contributed by atoms with Gasteiger partial charge in [0.2, 0.25) is 0 Å². The van der Waals surface area contributed by atoms with Crippen molar-refractivity contribution in [1.82, 2.24) is 20.4 Å². The van der Waals surface area contributed by atoms with Crippen molar-refractivity contribution in [2.45, 2.75) is 47.1 Å². The fourth-order valence-corrected chi connectivity index (χ4v) is 3.18. The molecule has 1 atom stereocenters. The quantitative estimate of drug-likeness (QED) is 0.436. The topological polar surface area (TPSA) is 52.1 Å². The number of nitrogens with one attached hydrogen (secondary N) is 2. The van der Waals surface area contributed by atoms with E-state index in [4.69, 9.17) is 9.73 Å². The van der Waals surface area contributed by atoms with E-state index in [1.165, 1.54) is 6.42 Å². The molecule has 6 nitrogen and oxygen atoms in total. The predicted octanol–water partition coefficient (Wildman–Crippen LogP) is 1.63. The normalized spacial score (nSPS) is 19.6. The first-order valence-electron chi connectivity index (χ1n) is 10.2. The third-order valence-electron chi connectivity index (χ3n) is 4.35. The van der Waals surface area contributed by atoms with Crippen molar-refractivity contribution >= 4 is 5.96 Å². The lowest BCUT2D eigenvalue weighted by molar-refractivity contribution is -0.0261. The van der Waals surface area contributed by atoms with Gasteiger partial charge in [-0.2, -0.15) is 0 Å². The monoisotopic (exact) mass is 355 g/mol. The number of guanidine groups is 1. The molecule has 1 rings (SSSR count). The van der Waals surface area contributed by atoms with Crippen LogP contribution in [0.1, 0.15) is 41.0 Å². The number of hydrogen-bond donors (Lipinski definition) is 2. The minimum atomic E-state index is 0.204. The summed E-state index contributed by atoms with van der Waals surface area (Å²) in [6.45, 7) is 20.9. The van der Waals surface area contributed by atoms with Gasteiger partial charge in [-0.25, -0.2) is 0 Å². The van der Waals surface area contributed by atoms with Gasteiger partial charge in [0, 0.05) is 39.3 Å². The highest BCUT2D eigenvalue weighted by Gasteiger charge is 2.20. The van der Waals surface area contributed by atoms with Crippen LogP contribution in [-0.4, -0.2) is 87.4 Å². The molecule has 0 amide bonds. The minimum Gasteiger partial charge on any atom is -0.374 e. The molecule has 1 fully saturated rings. The summed E-state index contributed by atoms with van der Waals surface area (Å²) >= 11 is 0. The number of ether oxygens (including phenoxy) is 1. The molecule has 1 saturated heterocycles. The van der Waals surface area contributed by atoms with E-state index in [9.17, 15) is 0 Å². The third kappa shape index (κ3) is 10.0. The van der Waals surface area contributed by atoms with E-state index < -0.39 is 0 Å². The molecule has 148 valence electrons. The van der Waals surface area contributed by atoms with Gasteiger partial charge in [0.1, 0.15) is 0 Å². The molecule has 0 saturated carbocycles. The maximum absolute atomic E-state index is 5.90. The molecule has 0 bridgehead atoms. The van der Waals surface area contributed by atoms with Crippen LogP contribution in [0.5, 0.6) is 0 Å². The van der Waals surface area contributed by atoms with Gasteiger partial charge in [0.25, 0.3) is 0 Å². The summed E-state index contributed by atoms with van der Waals surface area (Å²) in [5, 5.41) is 6.80. The molecule has 1 aliphatic heterocycles. The van der Waals surface area contributed by atoms with E-state index in [0.29, 0.717) is 5.92 Å². The second kappa shape index (κ2) is 13.4. The highest BCUT2D eigenvalue weighted by molar-refractivity contribution is 5.79. The standard InChI is InChI=1S/C19H41N5O/c1-6-10-23(8-3)11-9-21-19(20-7-2)22-14-18-16-24(12-13-25-18)15-17(4)5/h17-18H,6-16H2,1-5H3,(H2,20,21,22). The summed E-state index contributed by atoms with van der Waals surface area (Å²) in [4.78, 5) is 9.71. The maximum atomic E-state index is 5.90. The van der Waals surface area contributed by atoms with Crippen molar-refractivity contribution in [3.63, 3.8) is 0 Å². The third-order valence-corrected chi connectivity index (χ3v) is 4.35. The molecule has 1 unspecified atom stereocenters. The number of likely N-dealkylation sites (N-methyl/N-ethyl adjacent to an activating group) is 1. The Bertz CT molecular complexity index is 362. The van der Waals surface area contributed by atoms with Crippen LogP contribution in [0.2, 0.25) is 0 Å². The Balaban J connectivity index is 2.40. The molecule has 0 aliphatic carbocycles. The van der Waals surface area contributed by atoms with Gasteiger partial charge in [0.05, 0.1) is 19.3 Å². The number of aliphatic imine (C=N–C) groups is 1. The smallest absolute Gasteiger partial charge is 0.191 e. The molecular weight excluding hydrogens is 314 g/mol. The van der Waals surface area contributed by atoms with Gasteiger partial charge in [-0.1, -0.05) is 27.7 Å². The van der Waals surface area contributed by atoms with Crippen molar-refractivity contribution in [1.29, 1.82) is 0 Å². The van der Waals surface area contributed by atoms with Crippen LogP contribution in [0, 0.1) is 5.92 Å². The second-order valence-electron chi connectivity index (χ2n) is 7.23. The van der Waals surface area contributed by atoms with Gasteiger partial charge in [-0.05, 0) is 32.4 Å². The molecule has 2 N–H and O–H groups in total. The molecule has 0 aromatic heterocycles. The highest BCUT2D eigenvalue weighted by atomic mass is 16.5. The van der Waals surface area contributed by atoms with Crippen molar-refractivity contribution in [3.8, 4) is 0 Å². The fourth-order valence-electron chi connectivity index (χ4n) is 3.18. The maximum Gasteiger partial charge on any atom is 0.191 e. The predicted molar refractivity (Wildman–Crippen MR) is 107 cm³/mol. The molecular formula is C19H41N5O. The first-order valence-corrected chi connectivity index (χ1v) is 10.2. The minimum absolute atomic E-state index is 0.204. The zero-order valence-corrected chi connectivity index (χ0v) is 17.2. The summed E-state index contributed by atoms with van der Waals surface area (Å²) in [5.74, 6) is 1.60. The van der Waals surface area contributed by atoms with Gasteiger partial charge >= 0.3 is 0 Å². The Morgan fingerprint density at radius 2 is 2.04 bits per heavy atom. The zero-order chi connectivity index (χ0) is 18.5. The van der Waals surface area contributed by atoms with Crippen LogP contribution in [0.15, 0.2) is 4.99 Å². The van der Waals surface area contributed by atoms with E-state index >= 15 is 0 Å². The molecule has 0 spiro atoms. The lowest BCUT2D eigenvalue weighted by Crippen LogP contribution is -2.46. The molecule has 1 aliphatic rings.